The van der Waals surface area contributed by atoms with Crippen molar-refractivity contribution < 1.29 is 41.0 Å². The van der Waals surface area contributed by atoms with Gasteiger partial charge in [0, 0.05) is 48.4 Å². The third-order valence-corrected chi connectivity index (χ3v) is 10.9. The minimum Gasteiger partial charge on any atom is -0.761 e. The summed E-state index contributed by atoms with van der Waals surface area (Å²) in [6.45, 7) is -2.77. The van der Waals surface area contributed by atoms with Crippen molar-refractivity contribution in [3.05, 3.63) is 92.1 Å². The third-order valence-electron chi connectivity index (χ3n) is 8.40. The second-order valence-corrected chi connectivity index (χ2v) is 15.2. The van der Waals surface area contributed by atoms with Crippen LogP contribution >= 0.6 is 23.2 Å². The summed E-state index contributed by atoms with van der Waals surface area (Å²) in [5.41, 5.74) is 3.16. The van der Waals surface area contributed by atoms with Gasteiger partial charge in [0.2, 0.25) is 10.0 Å². The lowest BCUT2D eigenvalue weighted by Crippen LogP contribution is -2.42. The van der Waals surface area contributed by atoms with Crippen molar-refractivity contribution in [2.45, 2.75) is 56.6 Å². The van der Waals surface area contributed by atoms with Crippen molar-refractivity contribution in [1.82, 2.24) is 9.21 Å². The van der Waals surface area contributed by atoms with E-state index in [0.29, 0.717) is 28.7 Å². The van der Waals surface area contributed by atoms with Gasteiger partial charge in [-0.05, 0) is 84.7 Å². The van der Waals surface area contributed by atoms with Crippen LogP contribution in [0.25, 0.3) is 0 Å². The molecule has 270 valence electrons. The molecule has 50 heavy (non-hydrogen) atoms. The number of ether oxygens (including phenoxy) is 3. The number of hydrogen-bond donors (Lipinski definition) is 1. The summed E-state index contributed by atoms with van der Waals surface area (Å²) in [6, 6.07) is 12.0. The normalized spacial score (nSPS) is 17.0. The number of nitrogens with zero attached hydrogens (tertiary/aromatic N) is 2. The van der Waals surface area contributed by atoms with Gasteiger partial charge in [0.1, 0.15) is 12.1 Å². The largest absolute Gasteiger partial charge is 0.761 e. The molecule has 1 saturated carbocycles. The number of carbonyl (C=O) groups excluding carboxylic acids is 2. The monoisotopic (exact) mass is 754 g/mol. The van der Waals surface area contributed by atoms with Gasteiger partial charge < -0.3 is 29.8 Å². The first-order valence-corrected chi connectivity index (χ1v) is 18.2. The van der Waals surface area contributed by atoms with Crippen LogP contribution in [-0.4, -0.2) is 69.4 Å². The van der Waals surface area contributed by atoms with Crippen molar-refractivity contribution in [2.75, 3.05) is 32.7 Å². The van der Waals surface area contributed by atoms with E-state index in [9.17, 15) is 32.0 Å². The zero-order valence-corrected chi connectivity index (χ0v) is 29.6. The molecule has 2 aliphatic rings. The lowest BCUT2D eigenvalue weighted by Gasteiger charge is -2.27. The summed E-state index contributed by atoms with van der Waals surface area (Å²) >= 11 is 13.0. The number of anilines is 1. The molecule has 11 nitrogen and oxygen atoms in total. The standard InChI is InChI=1S/C34H36Cl2F2N3O8S/c1-40(2)32(42)23-6-3-5-21(13-23)19-50(45,46)41-12-4-7-28(41)33(43)48-30(17-25-26(35)15-24(39-44)16-27(25)36)22-10-11-29(49-34(37)38)31(14-22)47-18-20-8-9-20/h3,5-6,10-11,13-16,20,28,30,34,39H,4,7-9,12,17-19H2,1-2H3/q-1/t28-,30-/m0/s1. The van der Waals surface area contributed by atoms with Crippen molar-refractivity contribution in [2.24, 2.45) is 5.92 Å². The van der Waals surface area contributed by atoms with Crippen molar-refractivity contribution >= 4 is 50.8 Å². The Hall–Kier alpha value is -3.69. The average Bonchev–Trinajstić information content (AvgIpc) is 3.75. The van der Waals surface area contributed by atoms with Crippen LogP contribution in [0, 0.1) is 11.1 Å². The molecule has 16 heteroatoms. The quantitative estimate of drug-likeness (QED) is 0.131. The molecular weight excluding hydrogens is 719 g/mol. The van der Waals surface area contributed by atoms with E-state index in [1.54, 1.807) is 37.8 Å². The molecule has 2 fully saturated rings. The predicted molar refractivity (Wildman–Crippen MR) is 184 cm³/mol. The molecule has 1 heterocycles. The number of carbonyl (C=O) groups is 2. The molecule has 1 aliphatic heterocycles. The van der Waals surface area contributed by atoms with Crippen molar-refractivity contribution in [3.8, 4) is 11.5 Å². The molecule has 5 rings (SSSR count). The number of benzene rings is 3. The number of alkyl halides is 2. The van der Waals surface area contributed by atoms with Gasteiger partial charge in [-0.15, -0.1) is 0 Å². The Bertz CT molecular complexity index is 1800. The molecule has 1 N–H and O–H groups in total. The second-order valence-electron chi connectivity index (χ2n) is 12.4. The van der Waals surface area contributed by atoms with E-state index in [4.69, 9.17) is 32.7 Å². The Balaban J connectivity index is 1.43. The Labute approximate surface area is 299 Å². The smallest absolute Gasteiger partial charge is 0.387 e. The molecule has 1 saturated heterocycles. The molecule has 1 amide bonds. The lowest BCUT2D eigenvalue weighted by atomic mass is 10.00. The summed E-state index contributed by atoms with van der Waals surface area (Å²) in [5.74, 6) is -1.49. The average molecular weight is 756 g/mol. The van der Waals surface area contributed by atoms with Crippen LogP contribution in [0.1, 0.15) is 58.8 Å². The van der Waals surface area contributed by atoms with Crippen LogP contribution < -0.4 is 15.0 Å². The van der Waals surface area contributed by atoms with Crippen LogP contribution in [0.3, 0.4) is 0 Å². The Kier molecular flexibility index (Phi) is 12.1. The van der Waals surface area contributed by atoms with Gasteiger partial charge in [-0.1, -0.05) is 41.4 Å². The van der Waals surface area contributed by atoms with Crippen LogP contribution in [-0.2, 0) is 31.7 Å². The fourth-order valence-corrected chi connectivity index (χ4v) is 8.06. The number of amides is 1. The molecule has 0 radical (unpaired) electrons. The van der Waals surface area contributed by atoms with Crippen molar-refractivity contribution in [3.63, 3.8) is 0 Å². The highest BCUT2D eigenvalue weighted by atomic mass is 35.5. The molecule has 3 aromatic rings. The Morgan fingerprint density at radius 3 is 2.40 bits per heavy atom. The van der Waals surface area contributed by atoms with Gasteiger partial charge in [0.15, 0.2) is 11.5 Å². The summed E-state index contributed by atoms with van der Waals surface area (Å²) in [4.78, 5) is 27.7. The van der Waals surface area contributed by atoms with Gasteiger partial charge >= 0.3 is 12.6 Å². The molecule has 0 aromatic heterocycles. The first kappa shape index (κ1) is 37.6. The molecule has 1 aliphatic carbocycles. The van der Waals surface area contributed by atoms with E-state index < -0.39 is 40.5 Å². The second kappa shape index (κ2) is 16.1. The van der Waals surface area contributed by atoms with E-state index in [-0.39, 0.29) is 65.1 Å². The van der Waals surface area contributed by atoms with Gasteiger partial charge in [-0.2, -0.15) is 13.1 Å². The van der Waals surface area contributed by atoms with Crippen LogP contribution in [0.5, 0.6) is 11.5 Å². The third kappa shape index (κ3) is 9.34. The Morgan fingerprint density at radius 1 is 1.04 bits per heavy atom. The van der Waals surface area contributed by atoms with Crippen LogP contribution in [0.2, 0.25) is 10.0 Å². The summed E-state index contributed by atoms with van der Waals surface area (Å²) < 4.78 is 71.5. The van der Waals surface area contributed by atoms with E-state index in [1.165, 1.54) is 41.3 Å². The topological polar surface area (TPSA) is 138 Å². The van der Waals surface area contributed by atoms with Crippen LogP contribution in [0.15, 0.2) is 54.6 Å². The summed E-state index contributed by atoms with van der Waals surface area (Å²) in [7, 11) is -0.881. The first-order chi connectivity index (χ1) is 23.7. The minimum absolute atomic E-state index is 0.0129. The molecule has 3 aromatic carbocycles. The summed E-state index contributed by atoms with van der Waals surface area (Å²) in [5, 5.41) is 11.5. The van der Waals surface area contributed by atoms with Gasteiger partial charge in [0.25, 0.3) is 5.91 Å². The molecule has 0 spiro atoms. The zero-order chi connectivity index (χ0) is 36.2. The fourth-order valence-electron chi connectivity index (χ4n) is 5.67. The summed E-state index contributed by atoms with van der Waals surface area (Å²) in [6.07, 6.45) is 1.19. The van der Waals surface area contributed by atoms with Gasteiger partial charge in [-0.25, -0.2) is 8.42 Å². The van der Waals surface area contributed by atoms with E-state index >= 15 is 0 Å². The molecule has 0 unspecified atom stereocenters. The lowest BCUT2D eigenvalue weighted by molar-refractivity contribution is -0.153. The Morgan fingerprint density at radius 2 is 1.76 bits per heavy atom. The number of halogens is 4. The SMILES string of the molecule is CN(C)C(=O)c1cccc(CS(=O)(=O)N2CCC[C@H]2C(=O)O[C@@H](Cc2c(Cl)cc(N[O-])cc2Cl)c2ccc(OC(F)F)c(OCC3CC3)c2)c1. The van der Waals surface area contributed by atoms with Crippen molar-refractivity contribution in [1.29, 1.82) is 0 Å². The number of esters is 1. The first-order valence-electron chi connectivity index (χ1n) is 15.8. The molecular formula is C34H36Cl2F2N3O8S-. The van der Waals surface area contributed by atoms with Gasteiger partial charge in [0.05, 0.1) is 12.4 Å². The van der Waals surface area contributed by atoms with Crippen LogP contribution in [0.4, 0.5) is 14.5 Å². The van der Waals surface area contributed by atoms with E-state index in [0.717, 1.165) is 17.1 Å². The number of sulfonamides is 1. The highest BCUT2D eigenvalue weighted by molar-refractivity contribution is 7.88. The maximum absolute atomic E-state index is 13.9. The molecule has 2 atom stereocenters. The van der Waals surface area contributed by atoms with E-state index in [2.05, 4.69) is 4.74 Å². The maximum Gasteiger partial charge on any atom is 0.387 e. The zero-order valence-electron chi connectivity index (χ0n) is 27.2. The predicted octanol–water partition coefficient (Wildman–Crippen LogP) is 6.82. The van der Waals surface area contributed by atoms with E-state index in [1.807, 2.05) is 0 Å². The highest BCUT2D eigenvalue weighted by Crippen LogP contribution is 2.39. The number of hydrogen-bond acceptors (Lipinski definition) is 9. The molecule has 0 bridgehead atoms. The highest BCUT2D eigenvalue weighted by Gasteiger charge is 2.41. The maximum atomic E-state index is 13.9. The minimum atomic E-state index is -4.06. The number of nitrogens with one attached hydrogen (secondary N) is 1. The van der Waals surface area contributed by atoms with Gasteiger partial charge in [-0.3, -0.25) is 9.59 Å². The number of rotatable bonds is 15. The fraction of sp³-hybridized carbons (Fsp3) is 0.412.